The molecule has 1 heterocycles. The minimum Gasteiger partial charge on any atom is -0.371 e. The third-order valence-corrected chi connectivity index (χ3v) is 4.25. The zero-order valence-electron chi connectivity index (χ0n) is 15.2. The second-order valence-corrected chi connectivity index (χ2v) is 6.14. The van der Waals surface area contributed by atoms with E-state index in [1.165, 1.54) is 11.1 Å². The van der Waals surface area contributed by atoms with E-state index in [-0.39, 0.29) is 24.6 Å². The molecule has 2 atom stereocenters. The highest BCUT2D eigenvalue weighted by Gasteiger charge is 2.16. The van der Waals surface area contributed by atoms with Crippen LogP contribution in [0.3, 0.4) is 0 Å². The number of rotatable bonds is 7. The van der Waals surface area contributed by atoms with E-state index in [1.807, 2.05) is 31.5 Å². The van der Waals surface area contributed by atoms with Gasteiger partial charge in [0.05, 0.1) is 6.04 Å². The van der Waals surface area contributed by atoms with E-state index in [2.05, 4.69) is 42.3 Å². The monoisotopic (exact) mass is 329 g/mol. The van der Waals surface area contributed by atoms with Crippen LogP contribution in [-0.2, 0) is 16.1 Å². The first-order valence-electron chi connectivity index (χ1n) is 8.41. The molecule has 0 radical (unpaired) electrons. The van der Waals surface area contributed by atoms with Gasteiger partial charge in [-0.1, -0.05) is 18.2 Å². The molecule has 24 heavy (non-hydrogen) atoms. The van der Waals surface area contributed by atoms with E-state index in [0.717, 1.165) is 11.4 Å². The highest BCUT2D eigenvalue weighted by molar-refractivity contribution is 5.76. The summed E-state index contributed by atoms with van der Waals surface area (Å²) in [5.41, 5.74) is 3.60. The van der Waals surface area contributed by atoms with Crippen LogP contribution in [0.1, 0.15) is 55.4 Å². The number of amides is 1. The van der Waals surface area contributed by atoms with E-state index in [4.69, 9.17) is 4.74 Å². The minimum absolute atomic E-state index is 0.0342. The molecular formula is C19H27N3O2. The van der Waals surface area contributed by atoms with Gasteiger partial charge in [0.25, 0.3) is 0 Å². The van der Waals surface area contributed by atoms with Crippen LogP contribution >= 0.6 is 0 Å². The predicted octanol–water partition coefficient (Wildman–Crippen LogP) is 3.47. The van der Waals surface area contributed by atoms with Gasteiger partial charge in [-0.15, -0.1) is 0 Å². The number of ether oxygens (including phenoxy) is 1. The summed E-state index contributed by atoms with van der Waals surface area (Å²) in [6.07, 6.45) is 3.38. The standard InChI is InChI=1S/C19H27N3O2/c1-6-24-16(5)19-20-9-10-22(19)12-18(23)21-15(4)17-8-7-13(2)14(3)11-17/h7-11,15-16H,6,12H2,1-5H3,(H,21,23)/t15-,16+/m0/s1. The van der Waals surface area contributed by atoms with E-state index in [9.17, 15) is 4.79 Å². The molecule has 0 aliphatic rings. The molecule has 5 heteroatoms. The average Bonchev–Trinajstić information content (AvgIpc) is 2.98. The number of imidazole rings is 1. The van der Waals surface area contributed by atoms with Crippen LogP contribution in [0.4, 0.5) is 0 Å². The molecule has 0 spiro atoms. The maximum Gasteiger partial charge on any atom is 0.240 e. The molecule has 1 N–H and O–H groups in total. The fourth-order valence-electron chi connectivity index (χ4n) is 2.70. The fraction of sp³-hybridized carbons (Fsp3) is 0.474. The Morgan fingerprint density at radius 2 is 2.04 bits per heavy atom. The summed E-state index contributed by atoms with van der Waals surface area (Å²) in [6.45, 7) is 10.9. The number of benzene rings is 1. The topological polar surface area (TPSA) is 56.2 Å². The third kappa shape index (κ3) is 4.45. The van der Waals surface area contributed by atoms with Crippen molar-refractivity contribution >= 4 is 5.91 Å². The molecule has 0 unspecified atom stereocenters. The van der Waals surface area contributed by atoms with Gasteiger partial charge in [-0.05, 0) is 51.3 Å². The second-order valence-electron chi connectivity index (χ2n) is 6.14. The van der Waals surface area contributed by atoms with Gasteiger partial charge in [-0.25, -0.2) is 4.98 Å². The number of aryl methyl sites for hydroxylation is 2. The Hall–Kier alpha value is -2.14. The van der Waals surface area contributed by atoms with Gasteiger partial charge in [0, 0.05) is 19.0 Å². The summed E-state index contributed by atoms with van der Waals surface area (Å²) in [6, 6.07) is 6.24. The Balaban J connectivity index is 2.00. The third-order valence-electron chi connectivity index (χ3n) is 4.25. The molecule has 0 fully saturated rings. The molecule has 5 nitrogen and oxygen atoms in total. The first kappa shape index (κ1) is 18.2. The highest BCUT2D eigenvalue weighted by Crippen LogP contribution is 2.17. The van der Waals surface area contributed by atoms with E-state index in [0.29, 0.717) is 6.61 Å². The average molecular weight is 329 g/mol. The quantitative estimate of drug-likeness (QED) is 0.846. The van der Waals surface area contributed by atoms with Gasteiger partial charge in [-0.2, -0.15) is 0 Å². The number of nitrogens with zero attached hydrogens (tertiary/aromatic N) is 2. The summed E-state index contributed by atoms with van der Waals surface area (Å²) in [7, 11) is 0. The predicted molar refractivity (Wildman–Crippen MR) is 94.7 cm³/mol. The van der Waals surface area contributed by atoms with Crippen LogP contribution in [0.15, 0.2) is 30.6 Å². The lowest BCUT2D eigenvalue weighted by Gasteiger charge is -2.17. The summed E-state index contributed by atoms with van der Waals surface area (Å²) < 4.78 is 7.40. The molecule has 1 aromatic heterocycles. The van der Waals surface area contributed by atoms with Crippen LogP contribution in [-0.4, -0.2) is 22.1 Å². The van der Waals surface area contributed by atoms with Crippen molar-refractivity contribution in [2.24, 2.45) is 0 Å². The SMILES string of the molecule is CCO[C@H](C)c1nccn1CC(=O)N[C@@H](C)c1ccc(C)c(C)c1. The largest absolute Gasteiger partial charge is 0.371 e. The highest BCUT2D eigenvalue weighted by atomic mass is 16.5. The molecule has 2 rings (SSSR count). The normalized spacial score (nSPS) is 13.5. The van der Waals surface area contributed by atoms with Gasteiger partial charge in [-0.3, -0.25) is 4.79 Å². The van der Waals surface area contributed by atoms with Crippen molar-refractivity contribution in [2.75, 3.05) is 6.61 Å². The van der Waals surface area contributed by atoms with E-state index < -0.39 is 0 Å². The summed E-state index contributed by atoms with van der Waals surface area (Å²) in [5, 5.41) is 3.05. The van der Waals surface area contributed by atoms with Gasteiger partial charge < -0.3 is 14.6 Å². The first-order valence-corrected chi connectivity index (χ1v) is 8.41. The number of aromatic nitrogens is 2. The van der Waals surface area contributed by atoms with Crippen molar-refractivity contribution in [1.29, 1.82) is 0 Å². The van der Waals surface area contributed by atoms with Crippen LogP contribution < -0.4 is 5.32 Å². The lowest BCUT2D eigenvalue weighted by atomic mass is 10.0. The second kappa shape index (κ2) is 8.11. The number of hydrogen-bond donors (Lipinski definition) is 1. The molecule has 2 aromatic rings. The number of hydrogen-bond acceptors (Lipinski definition) is 3. The van der Waals surface area contributed by atoms with E-state index >= 15 is 0 Å². The van der Waals surface area contributed by atoms with Crippen molar-refractivity contribution in [3.8, 4) is 0 Å². The maximum atomic E-state index is 12.4. The lowest BCUT2D eigenvalue weighted by molar-refractivity contribution is -0.122. The van der Waals surface area contributed by atoms with Crippen molar-refractivity contribution in [3.05, 3.63) is 53.1 Å². The zero-order valence-corrected chi connectivity index (χ0v) is 15.2. The van der Waals surface area contributed by atoms with Crippen molar-refractivity contribution < 1.29 is 9.53 Å². The molecule has 0 bridgehead atoms. The Morgan fingerprint density at radius 3 is 2.71 bits per heavy atom. The van der Waals surface area contributed by atoms with Crippen molar-refractivity contribution in [1.82, 2.24) is 14.9 Å². The van der Waals surface area contributed by atoms with E-state index in [1.54, 1.807) is 6.20 Å². The number of carbonyl (C=O) groups excluding carboxylic acids is 1. The molecule has 0 aliphatic heterocycles. The van der Waals surface area contributed by atoms with Crippen LogP contribution in [0.5, 0.6) is 0 Å². The summed E-state index contributed by atoms with van der Waals surface area (Å²) in [4.78, 5) is 16.7. The van der Waals surface area contributed by atoms with Gasteiger partial charge in [0.15, 0.2) is 0 Å². The molecule has 0 saturated carbocycles. The van der Waals surface area contributed by atoms with Crippen molar-refractivity contribution in [3.63, 3.8) is 0 Å². The smallest absolute Gasteiger partial charge is 0.240 e. The van der Waals surface area contributed by atoms with Crippen molar-refractivity contribution in [2.45, 2.75) is 53.3 Å². The number of carbonyl (C=O) groups is 1. The molecule has 130 valence electrons. The number of nitrogens with one attached hydrogen (secondary N) is 1. The van der Waals surface area contributed by atoms with Gasteiger partial charge in [0.2, 0.25) is 5.91 Å². The molecule has 1 aromatic carbocycles. The summed E-state index contributed by atoms with van der Waals surface area (Å²) in [5.74, 6) is 0.731. The maximum absolute atomic E-state index is 12.4. The van der Waals surface area contributed by atoms with Crippen LogP contribution in [0.25, 0.3) is 0 Å². The molecule has 1 amide bonds. The molecular weight excluding hydrogens is 302 g/mol. The van der Waals surface area contributed by atoms with Crippen LogP contribution in [0.2, 0.25) is 0 Å². The Labute approximate surface area is 144 Å². The molecule has 0 saturated heterocycles. The minimum atomic E-state index is -0.130. The van der Waals surface area contributed by atoms with Gasteiger partial charge in [0.1, 0.15) is 18.5 Å². The lowest BCUT2D eigenvalue weighted by Crippen LogP contribution is -2.30. The molecule has 0 aliphatic carbocycles. The Bertz CT molecular complexity index is 694. The Morgan fingerprint density at radius 1 is 1.29 bits per heavy atom. The Kier molecular flexibility index (Phi) is 6.15. The summed E-state index contributed by atoms with van der Waals surface area (Å²) >= 11 is 0. The first-order chi connectivity index (χ1) is 11.4. The van der Waals surface area contributed by atoms with Crippen LogP contribution in [0, 0.1) is 13.8 Å². The van der Waals surface area contributed by atoms with Gasteiger partial charge >= 0.3 is 0 Å². The zero-order chi connectivity index (χ0) is 17.7. The fourth-order valence-corrected chi connectivity index (χ4v) is 2.70.